The van der Waals surface area contributed by atoms with Gasteiger partial charge in [0.1, 0.15) is 17.7 Å². The summed E-state index contributed by atoms with van der Waals surface area (Å²) in [5.74, 6) is 0.0669. The molecule has 4 N–H and O–H groups in total. The van der Waals surface area contributed by atoms with E-state index in [2.05, 4.69) is 25.8 Å². The van der Waals surface area contributed by atoms with E-state index in [1.54, 1.807) is 16.8 Å². The number of anilines is 2. The van der Waals surface area contributed by atoms with Crippen molar-refractivity contribution in [3.05, 3.63) is 84.2 Å². The Morgan fingerprint density at radius 3 is 2.88 bits per heavy atom. The Morgan fingerprint density at radius 2 is 2.03 bits per heavy atom. The van der Waals surface area contributed by atoms with Crippen LogP contribution < -0.4 is 16.4 Å². The molecule has 0 bridgehead atoms. The van der Waals surface area contributed by atoms with E-state index in [9.17, 15) is 9.18 Å². The third kappa shape index (κ3) is 4.57. The minimum atomic E-state index is -0.338. The first kappa shape index (κ1) is 21.5. The highest BCUT2D eigenvalue weighted by molar-refractivity contribution is 5.85. The number of nitrogens with one attached hydrogen (secondary N) is 2. The average molecular weight is 459 g/mol. The van der Waals surface area contributed by atoms with Gasteiger partial charge in [-0.3, -0.25) is 9.48 Å². The molecule has 0 fully saturated rings. The lowest BCUT2D eigenvalue weighted by Crippen LogP contribution is -2.21. The fraction of sp³-hybridized carbons (Fsp3) is 0.167. The predicted molar refractivity (Wildman–Crippen MR) is 127 cm³/mol. The predicted octanol–water partition coefficient (Wildman–Crippen LogP) is 2.98. The molecule has 0 atom stereocenters. The van der Waals surface area contributed by atoms with Crippen molar-refractivity contribution in [2.24, 2.45) is 5.73 Å². The van der Waals surface area contributed by atoms with E-state index in [4.69, 9.17) is 5.73 Å². The van der Waals surface area contributed by atoms with Crippen LogP contribution in [0, 0.1) is 5.82 Å². The molecule has 172 valence electrons. The number of nitrogens with two attached hydrogens (primary N) is 1. The van der Waals surface area contributed by atoms with Crippen molar-refractivity contribution < 1.29 is 9.18 Å². The van der Waals surface area contributed by atoms with Crippen molar-refractivity contribution in [1.82, 2.24) is 29.7 Å². The zero-order chi connectivity index (χ0) is 23.5. The van der Waals surface area contributed by atoms with Gasteiger partial charge in [-0.05, 0) is 47.5 Å². The van der Waals surface area contributed by atoms with Crippen molar-refractivity contribution >= 4 is 33.8 Å². The van der Waals surface area contributed by atoms with Gasteiger partial charge in [0.05, 0.1) is 18.3 Å². The Bertz CT molecular complexity index is 1470. The molecular formula is C24H23FN8O. The molecule has 0 saturated heterocycles. The van der Waals surface area contributed by atoms with E-state index in [1.165, 1.54) is 18.5 Å². The molecular weight excluding hydrogens is 435 g/mol. The van der Waals surface area contributed by atoms with Gasteiger partial charge in [-0.25, -0.2) is 13.9 Å². The van der Waals surface area contributed by atoms with E-state index < -0.39 is 0 Å². The molecule has 0 saturated carbocycles. The quantitative estimate of drug-likeness (QED) is 0.293. The first-order valence-corrected chi connectivity index (χ1v) is 10.8. The highest BCUT2D eigenvalue weighted by atomic mass is 19.1. The van der Waals surface area contributed by atoms with E-state index in [1.807, 2.05) is 41.2 Å². The van der Waals surface area contributed by atoms with Crippen LogP contribution in [0.2, 0.25) is 0 Å². The molecule has 0 radical (unpaired) electrons. The Hall–Kier alpha value is -4.31. The molecule has 3 aromatic heterocycles. The Morgan fingerprint density at radius 1 is 1.12 bits per heavy atom. The molecule has 0 unspecified atom stereocenters. The van der Waals surface area contributed by atoms with Gasteiger partial charge in [0.15, 0.2) is 5.82 Å². The summed E-state index contributed by atoms with van der Waals surface area (Å²) in [6.07, 6.45) is 5.43. The van der Waals surface area contributed by atoms with Crippen molar-refractivity contribution in [2.45, 2.75) is 19.5 Å². The summed E-state index contributed by atoms with van der Waals surface area (Å²) in [4.78, 5) is 15.4. The second-order valence-corrected chi connectivity index (χ2v) is 7.97. The summed E-state index contributed by atoms with van der Waals surface area (Å²) in [6.45, 7) is 1.54. The van der Waals surface area contributed by atoms with Crippen molar-refractivity contribution in [3.8, 4) is 0 Å². The van der Waals surface area contributed by atoms with Gasteiger partial charge in [-0.15, -0.1) is 0 Å². The first-order chi connectivity index (χ1) is 16.6. The van der Waals surface area contributed by atoms with Crippen LogP contribution in [0.5, 0.6) is 0 Å². The maximum Gasteiger partial charge on any atom is 0.218 e. The standard InChI is InChI=1S/C24H23FN8O/c25-19-3-1-2-16(10-19)14-33-21-5-4-20(11-18(21)13-29-33)31-24-23-17(12-27-8-6-22(26)34)7-9-32(23)30-15-28-24/h1-5,7,9-11,13,15,27H,6,8,12,14H2,(H2,26,34)(H,28,30,31). The number of halogens is 1. The van der Waals surface area contributed by atoms with Gasteiger partial charge in [-0.2, -0.15) is 10.2 Å². The second-order valence-electron chi connectivity index (χ2n) is 7.97. The number of amides is 1. The number of aromatic nitrogens is 5. The number of rotatable bonds is 9. The molecule has 0 aliphatic rings. The number of hydrogen-bond acceptors (Lipinski definition) is 6. The third-order valence-electron chi connectivity index (χ3n) is 5.53. The number of carbonyl (C=O) groups excluding carboxylic acids is 1. The molecule has 3 heterocycles. The lowest BCUT2D eigenvalue weighted by Gasteiger charge is -2.10. The Balaban J connectivity index is 1.37. The molecule has 1 amide bonds. The molecule has 0 aliphatic heterocycles. The summed E-state index contributed by atoms with van der Waals surface area (Å²) < 4.78 is 17.1. The molecule has 34 heavy (non-hydrogen) atoms. The minimum absolute atomic E-state index is 0.260. The summed E-state index contributed by atoms with van der Waals surface area (Å²) in [6, 6.07) is 14.4. The van der Waals surface area contributed by atoms with Crippen LogP contribution in [-0.4, -0.2) is 36.8 Å². The molecule has 0 aliphatic carbocycles. The fourth-order valence-electron chi connectivity index (χ4n) is 3.92. The minimum Gasteiger partial charge on any atom is -0.370 e. The molecule has 5 rings (SSSR count). The van der Waals surface area contributed by atoms with Crippen LogP contribution >= 0.6 is 0 Å². The Labute approximate surface area is 194 Å². The molecule has 2 aromatic carbocycles. The van der Waals surface area contributed by atoms with Crippen LogP contribution in [0.4, 0.5) is 15.9 Å². The lowest BCUT2D eigenvalue weighted by molar-refractivity contribution is -0.117. The maximum atomic E-state index is 13.5. The van der Waals surface area contributed by atoms with Crippen LogP contribution in [0.25, 0.3) is 16.4 Å². The van der Waals surface area contributed by atoms with Crippen LogP contribution in [-0.2, 0) is 17.9 Å². The van der Waals surface area contributed by atoms with E-state index in [-0.39, 0.29) is 18.1 Å². The van der Waals surface area contributed by atoms with Crippen molar-refractivity contribution in [2.75, 3.05) is 11.9 Å². The monoisotopic (exact) mass is 458 g/mol. The van der Waals surface area contributed by atoms with Gasteiger partial charge >= 0.3 is 0 Å². The van der Waals surface area contributed by atoms with Crippen LogP contribution in [0.3, 0.4) is 0 Å². The van der Waals surface area contributed by atoms with Gasteiger partial charge in [0.2, 0.25) is 5.91 Å². The van der Waals surface area contributed by atoms with Gasteiger partial charge < -0.3 is 16.4 Å². The highest BCUT2D eigenvalue weighted by Crippen LogP contribution is 2.26. The molecule has 0 spiro atoms. The third-order valence-corrected chi connectivity index (χ3v) is 5.53. The Kier molecular flexibility index (Phi) is 5.88. The fourth-order valence-corrected chi connectivity index (χ4v) is 3.92. The number of carbonyl (C=O) groups is 1. The summed E-state index contributed by atoms with van der Waals surface area (Å²) in [5, 5.41) is 16.3. The molecule has 9 nitrogen and oxygen atoms in total. The topological polar surface area (TPSA) is 115 Å². The number of hydrogen-bond donors (Lipinski definition) is 3. The normalized spacial score (nSPS) is 11.3. The smallest absolute Gasteiger partial charge is 0.218 e. The van der Waals surface area contributed by atoms with Gasteiger partial charge in [0.25, 0.3) is 0 Å². The SMILES string of the molecule is NC(=O)CCNCc1ccn2ncnc(Nc3ccc4c(cnn4Cc4cccc(F)c4)c3)c12. The van der Waals surface area contributed by atoms with Crippen LogP contribution in [0.1, 0.15) is 17.5 Å². The van der Waals surface area contributed by atoms with Crippen molar-refractivity contribution in [3.63, 3.8) is 0 Å². The van der Waals surface area contributed by atoms with Gasteiger partial charge in [0, 0.05) is 36.8 Å². The number of benzene rings is 2. The first-order valence-electron chi connectivity index (χ1n) is 10.8. The second kappa shape index (κ2) is 9.28. The largest absolute Gasteiger partial charge is 0.370 e. The van der Waals surface area contributed by atoms with Crippen LogP contribution in [0.15, 0.2) is 67.3 Å². The zero-order valence-electron chi connectivity index (χ0n) is 18.3. The summed E-state index contributed by atoms with van der Waals surface area (Å²) in [7, 11) is 0. The van der Waals surface area contributed by atoms with Crippen molar-refractivity contribution in [1.29, 1.82) is 0 Å². The molecule has 10 heteroatoms. The number of primary amides is 1. The van der Waals surface area contributed by atoms with E-state index >= 15 is 0 Å². The summed E-state index contributed by atoms with van der Waals surface area (Å²) >= 11 is 0. The average Bonchev–Trinajstić information content (AvgIpc) is 3.41. The number of nitrogens with zero attached hydrogens (tertiary/aromatic N) is 5. The molecule has 5 aromatic rings. The lowest BCUT2D eigenvalue weighted by atomic mass is 10.2. The van der Waals surface area contributed by atoms with Gasteiger partial charge in [-0.1, -0.05) is 12.1 Å². The highest BCUT2D eigenvalue weighted by Gasteiger charge is 2.12. The zero-order valence-corrected chi connectivity index (χ0v) is 18.3. The number of fused-ring (bicyclic) bond motifs is 2. The van der Waals surface area contributed by atoms with E-state index in [0.717, 1.165) is 33.2 Å². The maximum absolute atomic E-state index is 13.5. The summed E-state index contributed by atoms with van der Waals surface area (Å²) in [5.41, 5.74) is 9.69. The van der Waals surface area contributed by atoms with E-state index in [0.29, 0.717) is 25.5 Å².